The highest BCUT2D eigenvalue weighted by atomic mass is 16.5. The number of nitrogens with zero attached hydrogens (tertiary/aromatic N) is 1. The second-order valence-electron chi connectivity index (χ2n) is 9.14. The molecule has 31 heavy (non-hydrogen) atoms. The summed E-state index contributed by atoms with van der Waals surface area (Å²) in [6, 6.07) is 13.2. The zero-order chi connectivity index (χ0) is 23.2. The van der Waals surface area contributed by atoms with Crippen molar-refractivity contribution in [3.05, 3.63) is 64.7 Å². The summed E-state index contributed by atoms with van der Waals surface area (Å²) in [7, 11) is 1.62. The van der Waals surface area contributed by atoms with Crippen LogP contribution < -0.4 is 10.1 Å². The molecular formula is C26H36N2O3. The van der Waals surface area contributed by atoms with E-state index in [0.717, 1.165) is 28.0 Å². The fourth-order valence-electron chi connectivity index (χ4n) is 3.56. The summed E-state index contributed by atoms with van der Waals surface area (Å²) < 4.78 is 5.24. The summed E-state index contributed by atoms with van der Waals surface area (Å²) in [5, 5.41) is 3.04. The summed E-state index contributed by atoms with van der Waals surface area (Å²) in [6.45, 7) is 12.2. The smallest absolute Gasteiger partial charge is 0.243 e. The third kappa shape index (κ3) is 7.12. The number of methoxy groups -OCH3 is 1. The van der Waals surface area contributed by atoms with Crippen LogP contribution in [0.3, 0.4) is 0 Å². The quantitative estimate of drug-likeness (QED) is 0.675. The molecule has 2 rings (SSSR count). The largest absolute Gasteiger partial charge is 0.497 e. The summed E-state index contributed by atoms with van der Waals surface area (Å²) >= 11 is 0. The van der Waals surface area contributed by atoms with Crippen LogP contribution >= 0.6 is 0 Å². The van der Waals surface area contributed by atoms with Crippen molar-refractivity contribution in [2.24, 2.45) is 0 Å². The van der Waals surface area contributed by atoms with Crippen LogP contribution in [0.1, 0.15) is 56.4 Å². The Hall–Kier alpha value is -2.82. The predicted octanol–water partition coefficient (Wildman–Crippen LogP) is 4.58. The van der Waals surface area contributed by atoms with Crippen molar-refractivity contribution in [3.8, 4) is 5.75 Å². The molecule has 5 nitrogen and oxygen atoms in total. The molecular weight excluding hydrogens is 388 g/mol. The molecule has 2 amide bonds. The first-order chi connectivity index (χ1) is 14.5. The van der Waals surface area contributed by atoms with Crippen molar-refractivity contribution in [2.45, 2.75) is 72.5 Å². The molecule has 1 N–H and O–H groups in total. The molecule has 0 radical (unpaired) electrons. The van der Waals surface area contributed by atoms with Crippen molar-refractivity contribution in [3.63, 3.8) is 0 Å². The first kappa shape index (κ1) is 24.4. The van der Waals surface area contributed by atoms with E-state index in [9.17, 15) is 9.59 Å². The van der Waals surface area contributed by atoms with E-state index in [4.69, 9.17) is 4.74 Å². The molecule has 0 aromatic heterocycles. The Balaban J connectivity index is 2.35. The molecule has 1 atom stereocenters. The first-order valence-electron chi connectivity index (χ1n) is 10.8. The maximum atomic E-state index is 13.5. The van der Waals surface area contributed by atoms with Gasteiger partial charge in [-0.3, -0.25) is 9.59 Å². The Morgan fingerprint density at radius 2 is 1.71 bits per heavy atom. The van der Waals surface area contributed by atoms with Gasteiger partial charge in [-0.15, -0.1) is 0 Å². The Morgan fingerprint density at radius 1 is 1.06 bits per heavy atom. The highest BCUT2D eigenvalue weighted by Crippen LogP contribution is 2.19. The third-order valence-electron chi connectivity index (χ3n) is 5.24. The van der Waals surface area contributed by atoms with Gasteiger partial charge < -0.3 is 15.0 Å². The van der Waals surface area contributed by atoms with Crippen LogP contribution in [-0.2, 0) is 22.6 Å². The Bertz CT molecular complexity index is 898. The minimum atomic E-state index is -0.543. The van der Waals surface area contributed by atoms with Gasteiger partial charge in [0.15, 0.2) is 0 Å². The summed E-state index contributed by atoms with van der Waals surface area (Å²) in [5.74, 6) is 0.577. The number of nitrogens with one attached hydrogen (secondary N) is 1. The van der Waals surface area contributed by atoms with Crippen molar-refractivity contribution in [1.29, 1.82) is 0 Å². The SMILES string of the molecule is CC[C@@H](C(=O)NC(C)(C)C)N(Cc1ccc(OC)cc1)C(=O)Cc1cc(C)ccc1C. The van der Waals surface area contributed by atoms with Gasteiger partial charge in [0.2, 0.25) is 11.8 Å². The van der Waals surface area contributed by atoms with Crippen LogP contribution in [0.4, 0.5) is 0 Å². The number of rotatable bonds is 8. The average Bonchev–Trinajstić information content (AvgIpc) is 2.69. The normalized spacial score (nSPS) is 12.2. The molecule has 5 heteroatoms. The fraction of sp³-hybridized carbons (Fsp3) is 0.462. The minimum Gasteiger partial charge on any atom is -0.497 e. The highest BCUT2D eigenvalue weighted by Gasteiger charge is 2.30. The van der Waals surface area contributed by atoms with Crippen LogP contribution in [0.2, 0.25) is 0 Å². The number of amides is 2. The molecule has 168 valence electrons. The molecule has 0 aliphatic carbocycles. The van der Waals surface area contributed by atoms with Crippen LogP contribution in [0.25, 0.3) is 0 Å². The summed E-state index contributed by atoms with van der Waals surface area (Å²) in [6.07, 6.45) is 0.805. The Kier molecular flexibility index (Phi) is 8.26. The molecule has 2 aromatic rings. The van der Waals surface area contributed by atoms with E-state index >= 15 is 0 Å². The lowest BCUT2D eigenvalue weighted by atomic mass is 10.0. The maximum absolute atomic E-state index is 13.5. The number of hydrogen-bond acceptors (Lipinski definition) is 3. The molecule has 0 fully saturated rings. The second-order valence-corrected chi connectivity index (χ2v) is 9.14. The van der Waals surface area contributed by atoms with Crippen molar-refractivity contribution < 1.29 is 14.3 Å². The number of aryl methyl sites for hydroxylation is 2. The molecule has 0 spiro atoms. The van der Waals surface area contributed by atoms with Crippen LogP contribution in [0.15, 0.2) is 42.5 Å². The van der Waals surface area contributed by atoms with Gasteiger partial charge >= 0.3 is 0 Å². The topological polar surface area (TPSA) is 58.6 Å². The average molecular weight is 425 g/mol. The number of carbonyl (C=O) groups excluding carboxylic acids is 2. The van der Waals surface area contributed by atoms with E-state index in [1.807, 2.05) is 77.9 Å². The van der Waals surface area contributed by atoms with E-state index in [-0.39, 0.29) is 23.8 Å². The highest BCUT2D eigenvalue weighted by molar-refractivity contribution is 5.89. The molecule has 0 aliphatic rings. The zero-order valence-electron chi connectivity index (χ0n) is 19.9. The lowest BCUT2D eigenvalue weighted by Crippen LogP contribution is -2.53. The van der Waals surface area contributed by atoms with Crippen molar-refractivity contribution in [1.82, 2.24) is 10.2 Å². The fourth-order valence-corrected chi connectivity index (χ4v) is 3.56. The number of benzene rings is 2. The minimum absolute atomic E-state index is 0.0552. The van der Waals surface area contributed by atoms with Gasteiger partial charge in [0, 0.05) is 12.1 Å². The van der Waals surface area contributed by atoms with Crippen molar-refractivity contribution in [2.75, 3.05) is 7.11 Å². The van der Waals surface area contributed by atoms with Crippen LogP contribution in [0.5, 0.6) is 5.75 Å². The van der Waals surface area contributed by atoms with E-state index in [1.54, 1.807) is 12.0 Å². The first-order valence-corrected chi connectivity index (χ1v) is 10.8. The van der Waals surface area contributed by atoms with Gasteiger partial charge in [-0.1, -0.05) is 42.8 Å². The van der Waals surface area contributed by atoms with Gasteiger partial charge in [0.1, 0.15) is 11.8 Å². The van der Waals surface area contributed by atoms with Crippen LogP contribution in [-0.4, -0.2) is 35.4 Å². The van der Waals surface area contributed by atoms with Crippen molar-refractivity contribution >= 4 is 11.8 Å². The summed E-state index contributed by atoms with van der Waals surface area (Å²) in [4.78, 5) is 28.3. The third-order valence-corrected chi connectivity index (χ3v) is 5.24. The molecule has 0 saturated heterocycles. The van der Waals surface area contributed by atoms with Gasteiger partial charge in [-0.05, 0) is 69.9 Å². The van der Waals surface area contributed by atoms with Gasteiger partial charge in [0.05, 0.1) is 13.5 Å². The standard InChI is InChI=1S/C26H36N2O3/c1-8-23(25(30)27-26(4,5)6)28(17-20-11-13-22(31-7)14-12-20)24(29)16-21-15-18(2)9-10-19(21)3/h9-15,23H,8,16-17H2,1-7H3,(H,27,30)/t23-/m0/s1. The Morgan fingerprint density at radius 3 is 2.26 bits per heavy atom. The lowest BCUT2D eigenvalue weighted by Gasteiger charge is -2.33. The van der Waals surface area contributed by atoms with E-state index < -0.39 is 6.04 Å². The van der Waals surface area contributed by atoms with E-state index in [0.29, 0.717) is 13.0 Å². The maximum Gasteiger partial charge on any atom is 0.243 e. The molecule has 0 heterocycles. The molecule has 0 unspecified atom stereocenters. The zero-order valence-corrected chi connectivity index (χ0v) is 19.9. The monoisotopic (exact) mass is 424 g/mol. The van der Waals surface area contributed by atoms with E-state index in [1.165, 1.54) is 0 Å². The molecule has 2 aromatic carbocycles. The summed E-state index contributed by atoms with van der Waals surface area (Å²) in [5.41, 5.74) is 3.78. The predicted molar refractivity (Wildman–Crippen MR) is 125 cm³/mol. The lowest BCUT2D eigenvalue weighted by molar-refractivity contribution is -0.141. The molecule has 0 bridgehead atoms. The van der Waals surface area contributed by atoms with Gasteiger partial charge in [-0.25, -0.2) is 0 Å². The van der Waals surface area contributed by atoms with Crippen LogP contribution in [0, 0.1) is 13.8 Å². The van der Waals surface area contributed by atoms with Gasteiger partial charge in [0.25, 0.3) is 0 Å². The second kappa shape index (κ2) is 10.5. The van der Waals surface area contributed by atoms with Gasteiger partial charge in [-0.2, -0.15) is 0 Å². The number of hydrogen-bond donors (Lipinski definition) is 1. The Labute approximate surface area is 186 Å². The van der Waals surface area contributed by atoms with E-state index in [2.05, 4.69) is 11.4 Å². The molecule has 0 saturated carbocycles. The number of ether oxygens (including phenoxy) is 1. The molecule has 0 aliphatic heterocycles. The number of carbonyl (C=O) groups is 2.